The summed E-state index contributed by atoms with van der Waals surface area (Å²) in [6.45, 7) is 13.5. The Hall–Kier alpha value is -1.34. The summed E-state index contributed by atoms with van der Waals surface area (Å²) < 4.78 is 60.1. The first kappa shape index (κ1) is 68.0. The van der Waals surface area contributed by atoms with Gasteiger partial charge in [-0.1, -0.05) is 46.3 Å². The van der Waals surface area contributed by atoms with Crippen LogP contribution in [-0.2, 0) is 47.4 Å². The molecule has 5 saturated heterocycles. The molecule has 85 heavy (non-hydrogen) atoms. The molecule has 0 aromatic rings. The Morgan fingerprint density at radius 3 is 1.75 bits per heavy atom. The minimum Gasteiger partial charge on any atom is -0.394 e. The van der Waals surface area contributed by atoms with Crippen LogP contribution in [0.25, 0.3) is 0 Å². The lowest BCUT2D eigenvalue weighted by Crippen LogP contribution is -2.70. The minimum absolute atomic E-state index is 0.155. The monoisotopic (exact) mass is 1230 g/mol. The molecule has 0 spiro atoms. The molecule has 492 valence electrons. The molecule has 17 N–H and O–H groups in total. The molecule has 9 fully saturated rings. The van der Waals surface area contributed by atoms with Crippen molar-refractivity contribution in [3.8, 4) is 0 Å². The van der Waals surface area contributed by atoms with Crippen LogP contribution in [-0.4, -0.2) is 285 Å². The molecule has 0 aromatic heterocycles. The van der Waals surface area contributed by atoms with Gasteiger partial charge in [-0.15, -0.1) is 0 Å². The molecule has 4 aliphatic carbocycles. The smallest absolute Gasteiger partial charge is 0.187 e. The van der Waals surface area contributed by atoms with E-state index in [4.69, 9.17) is 47.4 Å². The number of ether oxygens (including phenoxy) is 10. The number of allylic oxidation sites excluding steroid dienone is 2. The molecular weight excluding hydrogens is 1130 g/mol. The molecule has 0 aromatic carbocycles. The van der Waals surface area contributed by atoms with Gasteiger partial charge >= 0.3 is 0 Å². The van der Waals surface area contributed by atoms with Crippen LogP contribution in [0.5, 0.6) is 0 Å². The standard InChI is InChI=1S/C58H98O27/c1-23(2)10-9-13-58(8,85-52-44(74)40(70)38(68)31(81-52)22-78-49-45(75)46(28(64)21-76-49)83-50-42(72)35(65)27(63)20-77-50)24-11-15-56(6)34(24)25(61)16-32-55(5)14-12-33(54(3,4)48(55)26(62)17-57(32,56)7)82-53-47(41(71)37(67)30(19-60)80-53)84-51-43(73)39(69)36(66)29(18-59)79-51/h10,24-53,59-75H,9,11-22H2,1-8H3. The normalized spacial score (nSPS) is 53.4. The van der Waals surface area contributed by atoms with E-state index in [0.29, 0.717) is 51.4 Å². The first-order valence-electron chi connectivity index (χ1n) is 30.3. The summed E-state index contributed by atoms with van der Waals surface area (Å²) in [5, 5.41) is 187. The van der Waals surface area contributed by atoms with E-state index >= 15 is 0 Å². The summed E-state index contributed by atoms with van der Waals surface area (Å²) in [5.74, 6) is -1.41. The van der Waals surface area contributed by atoms with Crippen LogP contribution >= 0.6 is 0 Å². The summed E-state index contributed by atoms with van der Waals surface area (Å²) in [5.41, 5.74) is -2.81. The third kappa shape index (κ3) is 12.2. The van der Waals surface area contributed by atoms with E-state index in [9.17, 15) is 86.8 Å². The highest BCUT2D eigenvalue weighted by molar-refractivity contribution is 5.22. The molecule has 0 radical (unpaired) electrons. The van der Waals surface area contributed by atoms with Crippen LogP contribution in [0.1, 0.15) is 107 Å². The zero-order chi connectivity index (χ0) is 62.4. The average Bonchev–Trinajstić information content (AvgIpc) is 1.67. The predicted octanol–water partition coefficient (Wildman–Crippen LogP) is -4.13. The van der Waals surface area contributed by atoms with Crippen LogP contribution in [0, 0.1) is 45.3 Å². The summed E-state index contributed by atoms with van der Waals surface area (Å²) >= 11 is 0. The van der Waals surface area contributed by atoms with Crippen molar-refractivity contribution in [3.05, 3.63) is 11.6 Å². The van der Waals surface area contributed by atoms with Crippen molar-refractivity contribution in [2.24, 2.45) is 45.3 Å². The third-order valence-electron chi connectivity index (χ3n) is 22.1. The zero-order valence-corrected chi connectivity index (χ0v) is 49.8. The van der Waals surface area contributed by atoms with Crippen molar-refractivity contribution in [2.75, 3.05) is 33.0 Å². The first-order valence-corrected chi connectivity index (χ1v) is 30.3. The maximum absolute atomic E-state index is 12.9. The Bertz CT molecular complexity index is 2250. The second-order valence-corrected chi connectivity index (χ2v) is 27.8. The fourth-order valence-electron chi connectivity index (χ4n) is 17.4. The van der Waals surface area contributed by atoms with E-state index in [1.54, 1.807) is 0 Å². The topological polar surface area (TPSA) is 436 Å². The molecule has 9 rings (SSSR count). The summed E-state index contributed by atoms with van der Waals surface area (Å²) in [4.78, 5) is 0. The summed E-state index contributed by atoms with van der Waals surface area (Å²) in [7, 11) is 0. The number of hydrogen-bond acceptors (Lipinski definition) is 27. The number of aliphatic hydroxyl groups is 17. The van der Waals surface area contributed by atoms with Gasteiger partial charge in [-0.3, -0.25) is 0 Å². The third-order valence-corrected chi connectivity index (χ3v) is 22.1. The van der Waals surface area contributed by atoms with E-state index in [2.05, 4.69) is 26.8 Å². The Kier molecular flexibility index (Phi) is 20.8. The molecule has 0 amide bonds. The zero-order valence-electron chi connectivity index (χ0n) is 49.8. The second kappa shape index (κ2) is 26.0. The second-order valence-electron chi connectivity index (χ2n) is 27.8. The first-order chi connectivity index (χ1) is 39.8. The van der Waals surface area contributed by atoms with Gasteiger partial charge in [0.15, 0.2) is 31.5 Å². The highest BCUT2D eigenvalue weighted by Crippen LogP contribution is 2.76. The Morgan fingerprint density at radius 2 is 1.11 bits per heavy atom. The molecule has 34 atom stereocenters. The predicted molar refractivity (Wildman–Crippen MR) is 288 cm³/mol. The highest BCUT2D eigenvalue weighted by Gasteiger charge is 2.74. The van der Waals surface area contributed by atoms with Gasteiger partial charge in [-0.25, -0.2) is 0 Å². The van der Waals surface area contributed by atoms with Crippen LogP contribution in [0.2, 0.25) is 0 Å². The number of rotatable bonds is 17. The van der Waals surface area contributed by atoms with Crippen LogP contribution in [0.15, 0.2) is 11.6 Å². The molecule has 0 bridgehead atoms. The van der Waals surface area contributed by atoms with Crippen LogP contribution in [0.4, 0.5) is 0 Å². The minimum atomic E-state index is -1.86. The number of hydrogen-bond donors (Lipinski definition) is 17. The van der Waals surface area contributed by atoms with Crippen molar-refractivity contribution in [2.45, 2.75) is 272 Å². The Labute approximate surface area is 494 Å². The van der Waals surface area contributed by atoms with Gasteiger partial charge in [-0.05, 0) is 117 Å². The van der Waals surface area contributed by atoms with Gasteiger partial charge in [-0.2, -0.15) is 0 Å². The summed E-state index contributed by atoms with van der Waals surface area (Å²) in [6.07, 6.45) is -34.0. The Balaban J connectivity index is 0.919. The van der Waals surface area contributed by atoms with Gasteiger partial charge in [0.1, 0.15) is 110 Å². The van der Waals surface area contributed by atoms with Gasteiger partial charge in [0.25, 0.3) is 0 Å². The number of aliphatic hydroxyl groups excluding tert-OH is 17. The lowest BCUT2D eigenvalue weighted by molar-refractivity contribution is -0.380. The lowest BCUT2D eigenvalue weighted by Gasteiger charge is -2.71. The highest BCUT2D eigenvalue weighted by atomic mass is 16.8. The van der Waals surface area contributed by atoms with E-state index in [0.717, 1.165) is 5.57 Å². The van der Waals surface area contributed by atoms with Crippen molar-refractivity contribution in [1.82, 2.24) is 0 Å². The largest absolute Gasteiger partial charge is 0.394 e. The van der Waals surface area contributed by atoms with Crippen molar-refractivity contribution in [1.29, 1.82) is 0 Å². The van der Waals surface area contributed by atoms with E-state index < -0.39 is 232 Å². The van der Waals surface area contributed by atoms with Crippen LogP contribution in [0.3, 0.4) is 0 Å². The fourth-order valence-corrected chi connectivity index (χ4v) is 17.4. The lowest BCUT2D eigenvalue weighted by atomic mass is 9.34. The average molecular weight is 1230 g/mol. The van der Waals surface area contributed by atoms with Crippen molar-refractivity contribution in [3.63, 3.8) is 0 Å². The number of fused-ring (bicyclic) bond motifs is 5. The molecular formula is C58H98O27. The van der Waals surface area contributed by atoms with Gasteiger partial charge < -0.3 is 134 Å². The van der Waals surface area contributed by atoms with Crippen LogP contribution < -0.4 is 0 Å². The summed E-state index contributed by atoms with van der Waals surface area (Å²) in [6, 6.07) is 0. The SMILES string of the molecule is CC(C)=CCCC(C)(OC1OC(COC2OCC(O)C(OC3OCC(O)C(O)C3O)C2O)C(O)C(O)C1O)C1CCC2(C)C1C(O)CC1C3(C)CCC(OC4OC(CO)C(O)C(O)C4OC4OC(CO)C(O)C(O)C4O)C(C)(C)C3C(O)CC12C. The fraction of sp³-hybridized carbons (Fsp3) is 0.966. The maximum Gasteiger partial charge on any atom is 0.187 e. The molecule has 27 nitrogen and oxygen atoms in total. The molecule has 34 unspecified atom stereocenters. The van der Waals surface area contributed by atoms with Gasteiger partial charge in [0, 0.05) is 0 Å². The van der Waals surface area contributed by atoms with E-state index in [1.807, 2.05) is 34.6 Å². The maximum atomic E-state index is 12.9. The van der Waals surface area contributed by atoms with E-state index in [-0.39, 0.29) is 11.8 Å². The van der Waals surface area contributed by atoms with Gasteiger partial charge in [0.2, 0.25) is 0 Å². The molecule has 9 aliphatic rings. The molecule has 5 heterocycles. The molecule has 4 saturated carbocycles. The molecule has 5 aliphatic heterocycles. The van der Waals surface area contributed by atoms with Crippen molar-refractivity contribution >= 4 is 0 Å². The Morgan fingerprint density at radius 1 is 0.541 bits per heavy atom. The van der Waals surface area contributed by atoms with Crippen molar-refractivity contribution < 1.29 is 134 Å². The quantitative estimate of drug-likeness (QED) is 0.0486. The van der Waals surface area contributed by atoms with E-state index in [1.165, 1.54) is 0 Å². The molecule has 27 heteroatoms. The van der Waals surface area contributed by atoms with Gasteiger partial charge in [0.05, 0.1) is 56.9 Å².